The summed E-state index contributed by atoms with van der Waals surface area (Å²) in [4.78, 5) is 11.0. The Morgan fingerprint density at radius 2 is 2.09 bits per heavy atom. The van der Waals surface area contributed by atoms with Crippen molar-refractivity contribution >= 4 is 28.2 Å². The van der Waals surface area contributed by atoms with Gasteiger partial charge in [-0.3, -0.25) is 4.21 Å². The lowest BCUT2D eigenvalue weighted by atomic mass is 9.95. The Kier molecular flexibility index (Phi) is 4.09. The molecule has 6 nitrogen and oxygen atoms in total. The molecule has 2 aliphatic rings. The van der Waals surface area contributed by atoms with Crippen molar-refractivity contribution in [2.24, 2.45) is 0 Å². The van der Waals surface area contributed by atoms with Crippen LogP contribution in [0.5, 0.6) is 5.75 Å². The molecule has 3 unspecified atom stereocenters. The lowest BCUT2D eigenvalue weighted by Crippen LogP contribution is -2.64. The summed E-state index contributed by atoms with van der Waals surface area (Å²) in [5.41, 5.74) is 0.295. The maximum atomic E-state index is 12.2. The van der Waals surface area contributed by atoms with Crippen LogP contribution >= 0.6 is 11.6 Å². The largest absolute Gasteiger partial charge is 0.485 e. The molecule has 0 saturated carbocycles. The quantitative estimate of drug-likeness (QED) is 0.754. The number of fused-ring (bicyclic) bond motifs is 3. The molecule has 1 saturated heterocycles. The van der Waals surface area contributed by atoms with E-state index in [1.54, 1.807) is 6.26 Å². The fraction of sp³-hybridized carbons (Fsp3) is 0.733. The number of hydrogen-bond acceptors (Lipinski definition) is 6. The van der Waals surface area contributed by atoms with Gasteiger partial charge in [-0.15, -0.1) is 0 Å². The van der Waals surface area contributed by atoms with Crippen LogP contribution in [0, 0.1) is 0 Å². The number of anilines is 1. The topological polar surface area (TPSA) is 64.5 Å². The summed E-state index contributed by atoms with van der Waals surface area (Å²) in [5, 5.41) is 0.142. The molecule has 0 spiro atoms. The molecule has 0 aliphatic carbocycles. The number of halogens is 1. The summed E-state index contributed by atoms with van der Waals surface area (Å²) in [6.07, 6.45) is 1.66. The van der Waals surface area contributed by atoms with Crippen molar-refractivity contribution in [1.29, 1.82) is 0 Å². The van der Waals surface area contributed by atoms with Gasteiger partial charge >= 0.3 is 0 Å². The van der Waals surface area contributed by atoms with Gasteiger partial charge in [0, 0.05) is 17.1 Å². The Bertz CT molecular complexity index is 670. The number of rotatable bonds is 2. The summed E-state index contributed by atoms with van der Waals surface area (Å²) < 4.78 is 23.2. The van der Waals surface area contributed by atoms with Crippen LogP contribution in [0.4, 0.5) is 5.82 Å². The van der Waals surface area contributed by atoms with Crippen molar-refractivity contribution in [2.45, 2.75) is 44.0 Å². The molecule has 23 heavy (non-hydrogen) atoms. The van der Waals surface area contributed by atoms with E-state index in [0.29, 0.717) is 37.1 Å². The van der Waals surface area contributed by atoms with Gasteiger partial charge in [-0.25, -0.2) is 4.98 Å². The third-order valence-electron chi connectivity index (χ3n) is 4.66. The molecule has 0 bridgehead atoms. The highest BCUT2D eigenvalue weighted by atomic mass is 35.5. The van der Waals surface area contributed by atoms with E-state index in [4.69, 9.17) is 21.1 Å². The Morgan fingerprint density at radius 1 is 1.39 bits per heavy atom. The predicted molar refractivity (Wildman–Crippen MR) is 90.8 cm³/mol. The molecule has 0 N–H and O–H groups in total. The molecule has 8 heteroatoms. The zero-order valence-electron chi connectivity index (χ0n) is 14.1. The molecule has 3 heterocycles. The monoisotopic (exact) mass is 359 g/mol. The molecule has 3 rings (SSSR count). The van der Waals surface area contributed by atoms with Crippen molar-refractivity contribution in [2.75, 3.05) is 31.0 Å². The van der Waals surface area contributed by atoms with Gasteiger partial charge in [-0.2, -0.15) is 4.98 Å². The van der Waals surface area contributed by atoms with Gasteiger partial charge in [0.2, 0.25) is 5.28 Å². The Hall–Kier alpha value is -0.920. The lowest BCUT2D eigenvalue weighted by molar-refractivity contribution is 0.00703. The first-order chi connectivity index (χ1) is 10.7. The molecule has 3 atom stereocenters. The first-order valence-corrected chi connectivity index (χ1v) is 9.52. The van der Waals surface area contributed by atoms with E-state index in [-0.39, 0.29) is 16.9 Å². The Labute approximate surface area is 144 Å². The predicted octanol–water partition coefficient (Wildman–Crippen LogP) is 2.12. The summed E-state index contributed by atoms with van der Waals surface area (Å²) in [6, 6.07) is 0.144. The summed E-state index contributed by atoms with van der Waals surface area (Å²) >= 11 is 6.18. The first-order valence-electron chi connectivity index (χ1n) is 7.58. The first kappa shape index (κ1) is 16.9. The van der Waals surface area contributed by atoms with Crippen LogP contribution in [0.15, 0.2) is 0 Å². The van der Waals surface area contributed by atoms with Crippen molar-refractivity contribution in [1.82, 2.24) is 9.97 Å². The lowest BCUT2D eigenvalue weighted by Gasteiger charge is -2.51. The zero-order chi connectivity index (χ0) is 17.0. The van der Waals surface area contributed by atoms with Gasteiger partial charge in [0.15, 0.2) is 11.6 Å². The van der Waals surface area contributed by atoms with E-state index in [1.165, 1.54) is 0 Å². The SMILES string of the molecule is CC1COCC2(C)COc3c(nc(Cl)nc3C(C)(C)S(C)=O)N12. The summed E-state index contributed by atoms with van der Waals surface area (Å²) in [5.74, 6) is 1.25. The zero-order valence-corrected chi connectivity index (χ0v) is 15.6. The Balaban J connectivity index is 2.20. The minimum Gasteiger partial charge on any atom is -0.485 e. The van der Waals surface area contributed by atoms with Crippen LogP contribution in [-0.4, -0.2) is 51.8 Å². The molecule has 0 amide bonds. The number of nitrogens with zero attached hydrogens (tertiary/aromatic N) is 3. The fourth-order valence-electron chi connectivity index (χ4n) is 3.18. The van der Waals surface area contributed by atoms with E-state index in [2.05, 4.69) is 28.7 Å². The summed E-state index contributed by atoms with van der Waals surface area (Å²) in [7, 11) is -1.13. The third kappa shape index (κ3) is 2.62. The number of morpholine rings is 1. The van der Waals surface area contributed by atoms with Crippen molar-refractivity contribution in [3.8, 4) is 5.75 Å². The van der Waals surface area contributed by atoms with Crippen LogP contribution < -0.4 is 9.64 Å². The molecule has 128 valence electrons. The van der Waals surface area contributed by atoms with Crippen LogP contribution in [0.1, 0.15) is 33.4 Å². The van der Waals surface area contributed by atoms with Crippen molar-refractivity contribution < 1.29 is 13.7 Å². The van der Waals surface area contributed by atoms with Crippen LogP contribution in [0.3, 0.4) is 0 Å². The Morgan fingerprint density at radius 3 is 2.74 bits per heavy atom. The summed E-state index contributed by atoms with van der Waals surface area (Å²) in [6.45, 7) is 9.58. The maximum Gasteiger partial charge on any atom is 0.224 e. The molecule has 1 aromatic heterocycles. The number of aromatic nitrogens is 2. The minimum atomic E-state index is -1.13. The fourth-order valence-corrected chi connectivity index (χ4v) is 3.76. The molecule has 0 radical (unpaired) electrons. The highest BCUT2D eigenvalue weighted by Crippen LogP contribution is 2.45. The second-order valence-corrected chi connectivity index (χ2v) is 9.25. The third-order valence-corrected chi connectivity index (χ3v) is 6.46. The highest BCUT2D eigenvalue weighted by Gasteiger charge is 2.47. The van der Waals surface area contributed by atoms with E-state index < -0.39 is 15.5 Å². The van der Waals surface area contributed by atoms with Gasteiger partial charge in [0.1, 0.15) is 12.3 Å². The molecule has 1 fully saturated rings. The second-order valence-electron chi connectivity index (χ2n) is 6.98. The average molecular weight is 360 g/mol. The van der Waals surface area contributed by atoms with E-state index in [1.807, 2.05) is 13.8 Å². The average Bonchev–Trinajstić information content (AvgIpc) is 2.45. The molecular weight excluding hydrogens is 338 g/mol. The van der Waals surface area contributed by atoms with Gasteiger partial charge in [-0.05, 0) is 39.3 Å². The van der Waals surface area contributed by atoms with E-state index in [9.17, 15) is 4.21 Å². The number of hydrogen-bond donors (Lipinski definition) is 0. The smallest absolute Gasteiger partial charge is 0.224 e. The molecular formula is C15H22ClN3O3S. The van der Waals surface area contributed by atoms with E-state index in [0.717, 1.165) is 0 Å². The highest BCUT2D eigenvalue weighted by molar-refractivity contribution is 7.85. The van der Waals surface area contributed by atoms with Gasteiger partial charge < -0.3 is 14.4 Å². The van der Waals surface area contributed by atoms with Gasteiger partial charge in [0.05, 0.1) is 29.5 Å². The van der Waals surface area contributed by atoms with E-state index >= 15 is 0 Å². The maximum absolute atomic E-state index is 12.2. The van der Waals surface area contributed by atoms with Crippen LogP contribution in [0.25, 0.3) is 0 Å². The van der Waals surface area contributed by atoms with Crippen molar-refractivity contribution in [3.05, 3.63) is 11.0 Å². The normalized spacial score (nSPS) is 28.6. The van der Waals surface area contributed by atoms with Crippen molar-refractivity contribution in [3.63, 3.8) is 0 Å². The van der Waals surface area contributed by atoms with Crippen LogP contribution in [0.2, 0.25) is 5.28 Å². The molecule has 2 aliphatic heterocycles. The van der Waals surface area contributed by atoms with Gasteiger partial charge in [-0.1, -0.05) is 0 Å². The minimum absolute atomic E-state index is 0.142. The van der Waals surface area contributed by atoms with Crippen LogP contribution in [-0.2, 0) is 20.3 Å². The standard InChI is InChI=1S/C15H22ClN3O3S/c1-9-6-21-7-15(4)8-22-10-11(14(2,3)23(5)20)17-13(16)18-12(10)19(9)15/h9H,6-8H2,1-5H3. The molecule has 0 aromatic carbocycles. The second kappa shape index (κ2) is 5.57. The molecule has 1 aromatic rings. The number of ether oxygens (including phenoxy) is 2. The van der Waals surface area contributed by atoms with Gasteiger partial charge in [0.25, 0.3) is 0 Å².